The fourth-order valence-electron chi connectivity index (χ4n) is 4.30. The number of carbonyl (C=O) groups excluding carboxylic acids is 1. The first-order valence-corrected chi connectivity index (χ1v) is 9.18. The third-order valence-corrected chi connectivity index (χ3v) is 5.81. The fourth-order valence-corrected chi connectivity index (χ4v) is 4.30. The molecular formula is C23H20N2O2. The zero-order chi connectivity index (χ0) is 18.6. The van der Waals surface area contributed by atoms with Crippen molar-refractivity contribution >= 4 is 16.7 Å². The van der Waals surface area contributed by atoms with Gasteiger partial charge in [0.1, 0.15) is 5.75 Å². The molecule has 0 radical (unpaired) electrons. The number of phenols is 1. The van der Waals surface area contributed by atoms with Gasteiger partial charge in [-0.2, -0.15) is 0 Å². The van der Waals surface area contributed by atoms with Gasteiger partial charge in [0.05, 0.1) is 11.1 Å². The molecule has 4 heteroatoms. The van der Waals surface area contributed by atoms with Crippen molar-refractivity contribution in [1.29, 1.82) is 0 Å². The standard InChI is InChI=1S/C23H20N2O2/c1-23-12-10-15(21(27)18-7-3-5-9-20(18)26)14-25(23)13-11-17-16-6-2-4-8-19(16)24-22(17)23/h2-10,12,14,24,26H,11,13H2,1H3. The van der Waals surface area contributed by atoms with Crippen LogP contribution < -0.4 is 0 Å². The number of aromatic nitrogens is 1. The first-order valence-electron chi connectivity index (χ1n) is 9.18. The summed E-state index contributed by atoms with van der Waals surface area (Å²) in [5.41, 5.74) is 4.32. The second-order valence-corrected chi connectivity index (χ2v) is 7.38. The van der Waals surface area contributed by atoms with E-state index in [4.69, 9.17) is 0 Å². The average molecular weight is 356 g/mol. The van der Waals surface area contributed by atoms with Crippen LogP contribution in [0.5, 0.6) is 5.75 Å². The minimum atomic E-state index is -0.310. The number of nitrogens with one attached hydrogen (secondary N) is 1. The highest BCUT2D eigenvalue weighted by atomic mass is 16.3. The van der Waals surface area contributed by atoms with Crippen LogP contribution in [0.2, 0.25) is 0 Å². The lowest BCUT2D eigenvalue weighted by atomic mass is 9.83. The quantitative estimate of drug-likeness (QED) is 0.674. The van der Waals surface area contributed by atoms with Crippen molar-refractivity contribution in [2.45, 2.75) is 18.9 Å². The number of hydrogen-bond acceptors (Lipinski definition) is 3. The van der Waals surface area contributed by atoms with E-state index in [9.17, 15) is 9.90 Å². The van der Waals surface area contributed by atoms with Crippen LogP contribution in [-0.4, -0.2) is 27.3 Å². The van der Waals surface area contributed by atoms with E-state index in [0.717, 1.165) is 18.5 Å². The Morgan fingerprint density at radius 3 is 2.78 bits per heavy atom. The molecule has 2 N–H and O–H groups in total. The number of rotatable bonds is 2. The molecule has 2 aromatic carbocycles. The Labute approximate surface area is 157 Å². The molecular weight excluding hydrogens is 336 g/mol. The summed E-state index contributed by atoms with van der Waals surface area (Å²) in [5, 5.41) is 11.3. The van der Waals surface area contributed by atoms with Gasteiger partial charge in [-0.3, -0.25) is 4.79 Å². The summed E-state index contributed by atoms with van der Waals surface area (Å²) in [6.07, 6.45) is 6.83. The van der Waals surface area contributed by atoms with Crippen LogP contribution in [0, 0.1) is 0 Å². The highest BCUT2D eigenvalue weighted by Gasteiger charge is 2.39. The first-order chi connectivity index (χ1) is 13.1. The highest BCUT2D eigenvalue weighted by Crippen LogP contribution is 2.42. The molecule has 1 atom stereocenters. The molecule has 2 aliphatic heterocycles. The number of aromatic amines is 1. The molecule has 0 aliphatic carbocycles. The van der Waals surface area contributed by atoms with E-state index >= 15 is 0 Å². The lowest BCUT2D eigenvalue weighted by Gasteiger charge is -2.44. The zero-order valence-corrected chi connectivity index (χ0v) is 15.1. The second-order valence-electron chi connectivity index (χ2n) is 7.38. The highest BCUT2D eigenvalue weighted by molar-refractivity contribution is 6.12. The van der Waals surface area contributed by atoms with Gasteiger partial charge in [-0.05, 0) is 37.1 Å². The third-order valence-electron chi connectivity index (χ3n) is 5.81. The van der Waals surface area contributed by atoms with Crippen molar-refractivity contribution in [2.24, 2.45) is 0 Å². The molecule has 3 heterocycles. The van der Waals surface area contributed by atoms with Gasteiger partial charge in [0.2, 0.25) is 0 Å². The lowest BCUT2D eigenvalue weighted by Crippen LogP contribution is -2.46. The summed E-state index contributed by atoms with van der Waals surface area (Å²) in [5.74, 6) is -0.143. The van der Waals surface area contributed by atoms with Crippen LogP contribution >= 0.6 is 0 Å². The van der Waals surface area contributed by atoms with Gasteiger partial charge in [0.15, 0.2) is 5.78 Å². The molecule has 27 heavy (non-hydrogen) atoms. The van der Waals surface area contributed by atoms with Gasteiger partial charge in [-0.15, -0.1) is 0 Å². The summed E-state index contributed by atoms with van der Waals surface area (Å²) in [7, 11) is 0. The Balaban J connectivity index is 1.56. The Hall–Kier alpha value is -3.27. The van der Waals surface area contributed by atoms with Gasteiger partial charge in [-0.25, -0.2) is 0 Å². The van der Waals surface area contributed by atoms with E-state index in [0.29, 0.717) is 11.1 Å². The third kappa shape index (κ3) is 2.26. The fraction of sp³-hybridized carbons (Fsp3) is 0.174. The van der Waals surface area contributed by atoms with E-state index in [1.807, 2.05) is 18.3 Å². The average Bonchev–Trinajstić information content (AvgIpc) is 3.07. The van der Waals surface area contributed by atoms with Crippen LogP contribution in [0.3, 0.4) is 0 Å². The van der Waals surface area contributed by atoms with Crippen molar-refractivity contribution in [1.82, 2.24) is 9.88 Å². The number of phenolic OH excluding ortho intramolecular Hbond substituents is 1. The smallest absolute Gasteiger partial charge is 0.198 e. The number of para-hydroxylation sites is 2. The first kappa shape index (κ1) is 15.9. The summed E-state index contributed by atoms with van der Waals surface area (Å²) >= 11 is 0. The largest absolute Gasteiger partial charge is 0.507 e. The van der Waals surface area contributed by atoms with Crippen molar-refractivity contribution < 1.29 is 9.90 Å². The van der Waals surface area contributed by atoms with Gasteiger partial charge < -0.3 is 15.0 Å². The maximum atomic E-state index is 12.9. The molecule has 2 aliphatic rings. The summed E-state index contributed by atoms with van der Waals surface area (Å²) < 4.78 is 0. The lowest BCUT2D eigenvalue weighted by molar-refractivity contribution is 0.102. The molecule has 0 spiro atoms. The number of nitrogens with zero attached hydrogens (tertiary/aromatic N) is 1. The number of benzene rings is 2. The molecule has 0 amide bonds. The van der Waals surface area contributed by atoms with Gasteiger partial charge in [0.25, 0.3) is 0 Å². The minimum Gasteiger partial charge on any atom is -0.507 e. The number of Topliss-reactive ketones (excluding diaryl/α,β-unsaturated/α-hetero) is 1. The Kier molecular flexibility index (Phi) is 3.31. The number of hydrogen-bond donors (Lipinski definition) is 2. The number of aromatic hydroxyl groups is 1. The Bertz CT molecular complexity index is 1140. The van der Waals surface area contributed by atoms with Crippen molar-refractivity contribution in [2.75, 3.05) is 6.54 Å². The number of H-pyrrole nitrogens is 1. The molecule has 0 bridgehead atoms. The molecule has 3 aromatic rings. The second kappa shape index (κ2) is 5.61. The predicted molar refractivity (Wildman–Crippen MR) is 106 cm³/mol. The van der Waals surface area contributed by atoms with E-state index in [-0.39, 0.29) is 17.1 Å². The summed E-state index contributed by atoms with van der Waals surface area (Å²) in [6, 6.07) is 15.1. The molecule has 4 nitrogen and oxygen atoms in total. The number of fused-ring (bicyclic) bond motifs is 5. The van der Waals surface area contributed by atoms with Crippen molar-refractivity contribution in [3.63, 3.8) is 0 Å². The number of ketones is 1. The topological polar surface area (TPSA) is 56.3 Å². The van der Waals surface area contributed by atoms with E-state index < -0.39 is 0 Å². The molecule has 5 rings (SSSR count). The minimum absolute atomic E-state index is 0.0154. The molecule has 0 fully saturated rings. The van der Waals surface area contributed by atoms with Gasteiger partial charge in [-0.1, -0.05) is 42.5 Å². The van der Waals surface area contributed by atoms with Gasteiger partial charge in [0, 0.05) is 34.9 Å². The van der Waals surface area contributed by atoms with Crippen LogP contribution in [0.25, 0.3) is 10.9 Å². The number of allylic oxidation sites excluding steroid dienone is 2. The predicted octanol–water partition coefficient (Wildman–Crippen LogP) is 4.28. The Morgan fingerprint density at radius 1 is 1.15 bits per heavy atom. The van der Waals surface area contributed by atoms with Crippen molar-refractivity contribution in [3.05, 3.63) is 89.3 Å². The molecule has 1 aromatic heterocycles. The van der Waals surface area contributed by atoms with Crippen LogP contribution in [0.1, 0.15) is 28.5 Å². The molecule has 1 unspecified atom stereocenters. The van der Waals surface area contributed by atoms with Crippen LogP contribution in [0.15, 0.2) is 72.5 Å². The van der Waals surface area contributed by atoms with Crippen LogP contribution in [0.4, 0.5) is 0 Å². The normalized spacial score (nSPS) is 20.9. The van der Waals surface area contributed by atoms with Gasteiger partial charge >= 0.3 is 0 Å². The van der Waals surface area contributed by atoms with E-state index in [1.165, 1.54) is 16.6 Å². The monoisotopic (exact) mass is 356 g/mol. The zero-order valence-electron chi connectivity index (χ0n) is 15.1. The Morgan fingerprint density at radius 2 is 1.93 bits per heavy atom. The summed E-state index contributed by atoms with van der Waals surface area (Å²) in [6.45, 7) is 3.02. The number of carbonyl (C=O) groups is 1. The maximum Gasteiger partial charge on any atom is 0.198 e. The van der Waals surface area contributed by atoms with E-state index in [2.05, 4.69) is 41.1 Å². The molecule has 134 valence electrons. The van der Waals surface area contributed by atoms with E-state index in [1.54, 1.807) is 24.3 Å². The molecule has 0 saturated heterocycles. The molecule has 0 saturated carbocycles. The van der Waals surface area contributed by atoms with Crippen LogP contribution in [-0.2, 0) is 12.0 Å². The SMILES string of the molecule is CC12C=CC(C(=O)c3ccccc3O)=CN1CCc1c2[nH]c2ccccc12. The van der Waals surface area contributed by atoms with Crippen molar-refractivity contribution in [3.8, 4) is 5.75 Å². The maximum absolute atomic E-state index is 12.9. The summed E-state index contributed by atoms with van der Waals surface area (Å²) in [4.78, 5) is 18.7.